The lowest BCUT2D eigenvalue weighted by molar-refractivity contribution is 0.294. The Morgan fingerprint density at radius 2 is 2.19 bits per heavy atom. The van der Waals surface area contributed by atoms with Gasteiger partial charge in [-0.15, -0.1) is 0 Å². The van der Waals surface area contributed by atoms with E-state index in [9.17, 15) is 0 Å². The van der Waals surface area contributed by atoms with E-state index in [0.29, 0.717) is 12.4 Å². The zero-order valence-electron chi connectivity index (χ0n) is 9.47. The fourth-order valence-electron chi connectivity index (χ4n) is 1.53. The van der Waals surface area contributed by atoms with Gasteiger partial charge in [0, 0.05) is 13.1 Å². The zero-order valence-corrected chi connectivity index (χ0v) is 9.47. The number of aromatic nitrogens is 2. The molecular weight excluding hydrogens is 202 g/mol. The Labute approximate surface area is 94.6 Å². The van der Waals surface area contributed by atoms with E-state index in [1.165, 1.54) is 5.56 Å². The van der Waals surface area contributed by atoms with Crippen molar-refractivity contribution < 1.29 is 4.74 Å². The molecule has 2 aromatic rings. The molecule has 2 N–H and O–H groups in total. The van der Waals surface area contributed by atoms with Crippen molar-refractivity contribution in [3.8, 4) is 5.75 Å². The molecular formula is C12H15N3O. The number of anilines is 1. The van der Waals surface area contributed by atoms with Crippen LogP contribution >= 0.6 is 0 Å². The molecule has 0 saturated carbocycles. The van der Waals surface area contributed by atoms with Crippen LogP contribution in [0.5, 0.6) is 5.75 Å². The van der Waals surface area contributed by atoms with Crippen LogP contribution in [-0.2, 0) is 13.7 Å². The van der Waals surface area contributed by atoms with Gasteiger partial charge in [0.25, 0.3) is 0 Å². The summed E-state index contributed by atoms with van der Waals surface area (Å²) in [7, 11) is 1.85. The number of hydrogen-bond donors (Lipinski definition) is 1. The van der Waals surface area contributed by atoms with Crippen LogP contribution in [0.15, 0.2) is 30.3 Å². The summed E-state index contributed by atoms with van der Waals surface area (Å²) in [5.74, 6) is 1.38. The molecule has 1 heterocycles. The summed E-state index contributed by atoms with van der Waals surface area (Å²) in [5.41, 5.74) is 7.72. The standard InChI is InChI=1S/C12H15N3O/c1-9-4-3-5-11(6-9)16-8-10-7-12(13)14-15(10)2/h3-7H,8H2,1-2H3,(H2,13,14). The molecule has 0 fully saturated rings. The summed E-state index contributed by atoms with van der Waals surface area (Å²) in [6, 6.07) is 9.76. The quantitative estimate of drug-likeness (QED) is 0.854. The number of nitrogens with two attached hydrogens (primary N) is 1. The van der Waals surface area contributed by atoms with E-state index in [-0.39, 0.29) is 0 Å². The van der Waals surface area contributed by atoms with Crippen LogP contribution in [0.3, 0.4) is 0 Å². The molecule has 2 rings (SSSR count). The van der Waals surface area contributed by atoms with Crippen molar-refractivity contribution in [1.82, 2.24) is 9.78 Å². The summed E-state index contributed by atoms with van der Waals surface area (Å²) in [5, 5.41) is 4.06. The predicted molar refractivity (Wildman–Crippen MR) is 63.1 cm³/mol. The van der Waals surface area contributed by atoms with Crippen molar-refractivity contribution in [3.63, 3.8) is 0 Å². The molecule has 0 bridgehead atoms. The smallest absolute Gasteiger partial charge is 0.145 e. The molecule has 84 valence electrons. The van der Waals surface area contributed by atoms with Crippen molar-refractivity contribution in [2.24, 2.45) is 7.05 Å². The van der Waals surface area contributed by atoms with Crippen LogP contribution in [0, 0.1) is 6.92 Å². The molecule has 1 aromatic carbocycles. The molecule has 0 saturated heterocycles. The Morgan fingerprint density at radius 3 is 2.81 bits per heavy atom. The molecule has 0 unspecified atom stereocenters. The van der Waals surface area contributed by atoms with Crippen molar-refractivity contribution in [2.45, 2.75) is 13.5 Å². The topological polar surface area (TPSA) is 53.1 Å². The first-order valence-electron chi connectivity index (χ1n) is 5.13. The van der Waals surface area contributed by atoms with E-state index in [0.717, 1.165) is 11.4 Å². The van der Waals surface area contributed by atoms with Crippen molar-refractivity contribution in [3.05, 3.63) is 41.6 Å². The van der Waals surface area contributed by atoms with Gasteiger partial charge >= 0.3 is 0 Å². The average molecular weight is 217 g/mol. The Bertz CT molecular complexity index is 491. The number of aryl methyl sites for hydroxylation is 2. The highest BCUT2D eigenvalue weighted by Gasteiger charge is 2.03. The van der Waals surface area contributed by atoms with Crippen LogP contribution in [0.25, 0.3) is 0 Å². The number of hydrogen-bond acceptors (Lipinski definition) is 3. The highest BCUT2D eigenvalue weighted by molar-refractivity contribution is 5.30. The Balaban J connectivity index is 2.05. The second-order valence-corrected chi connectivity index (χ2v) is 3.79. The molecule has 0 aliphatic carbocycles. The second kappa shape index (κ2) is 4.26. The molecule has 0 aliphatic heterocycles. The average Bonchev–Trinajstić information content (AvgIpc) is 2.54. The van der Waals surface area contributed by atoms with Gasteiger partial charge < -0.3 is 10.5 Å². The van der Waals surface area contributed by atoms with E-state index >= 15 is 0 Å². The Morgan fingerprint density at radius 1 is 1.38 bits per heavy atom. The van der Waals surface area contributed by atoms with Gasteiger partial charge in [0.15, 0.2) is 0 Å². The van der Waals surface area contributed by atoms with Gasteiger partial charge in [-0.1, -0.05) is 12.1 Å². The van der Waals surface area contributed by atoms with Crippen LogP contribution < -0.4 is 10.5 Å². The molecule has 1 aromatic heterocycles. The normalized spacial score (nSPS) is 10.4. The molecule has 16 heavy (non-hydrogen) atoms. The van der Waals surface area contributed by atoms with Crippen LogP contribution in [0.2, 0.25) is 0 Å². The predicted octanol–water partition coefficient (Wildman–Crippen LogP) is 1.89. The number of benzene rings is 1. The molecule has 0 amide bonds. The van der Waals surface area contributed by atoms with Gasteiger partial charge in [-0.2, -0.15) is 5.10 Å². The summed E-state index contributed by atoms with van der Waals surface area (Å²) >= 11 is 0. The summed E-state index contributed by atoms with van der Waals surface area (Å²) in [4.78, 5) is 0. The maximum Gasteiger partial charge on any atom is 0.145 e. The van der Waals surface area contributed by atoms with Gasteiger partial charge in [0.05, 0.1) is 5.69 Å². The van der Waals surface area contributed by atoms with Gasteiger partial charge in [0.1, 0.15) is 18.2 Å². The minimum Gasteiger partial charge on any atom is -0.487 e. The van der Waals surface area contributed by atoms with E-state index in [1.807, 2.05) is 44.3 Å². The first-order chi connectivity index (χ1) is 7.65. The highest BCUT2D eigenvalue weighted by atomic mass is 16.5. The molecule has 4 nitrogen and oxygen atoms in total. The summed E-state index contributed by atoms with van der Waals surface area (Å²) < 4.78 is 7.38. The van der Waals surface area contributed by atoms with Crippen LogP contribution in [0.4, 0.5) is 5.82 Å². The fraction of sp³-hybridized carbons (Fsp3) is 0.250. The van der Waals surface area contributed by atoms with E-state index in [1.54, 1.807) is 4.68 Å². The largest absolute Gasteiger partial charge is 0.487 e. The van der Waals surface area contributed by atoms with Crippen LogP contribution in [0.1, 0.15) is 11.3 Å². The maximum atomic E-state index is 5.65. The Hall–Kier alpha value is -1.97. The minimum atomic E-state index is 0.476. The van der Waals surface area contributed by atoms with Crippen molar-refractivity contribution >= 4 is 5.82 Å². The van der Waals surface area contributed by atoms with Gasteiger partial charge in [-0.05, 0) is 24.6 Å². The lowest BCUT2D eigenvalue weighted by Crippen LogP contribution is -2.03. The highest BCUT2D eigenvalue weighted by Crippen LogP contribution is 2.14. The maximum absolute atomic E-state index is 5.65. The van der Waals surface area contributed by atoms with E-state index in [4.69, 9.17) is 10.5 Å². The number of ether oxygens (including phenoxy) is 1. The van der Waals surface area contributed by atoms with E-state index in [2.05, 4.69) is 5.10 Å². The van der Waals surface area contributed by atoms with Gasteiger partial charge in [-0.3, -0.25) is 4.68 Å². The third-order valence-corrected chi connectivity index (χ3v) is 2.37. The molecule has 0 spiro atoms. The lowest BCUT2D eigenvalue weighted by atomic mass is 10.2. The molecule has 0 aliphatic rings. The molecule has 4 heteroatoms. The summed E-state index contributed by atoms with van der Waals surface area (Å²) in [6.07, 6.45) is 0. The number of nitrogens with zero attached hydrogens (tertiary/aromatic N) is 2. The third-order valence-electron chi connectivity index (χ3n) is 2.37. The minimum absolute atomic E-state index is 0.476. The summed E-state index contributed by atoms with van der Waals surface area (Å²) in [6.45, 7) is 2.51. The monoisotopic (exact) mass is 217 g/mol. The molecule has 0 radical (unpaired) electrons. The first-order valence-corrected chi connectivity index (χ1v) is 5.13. The van der Waals surface area contributed by atoms with Crippen molar-refractivity contribution in [2.75, 3.05) is 5.73 Å². The van der Waals surface area contributed by atoms with Crippen molar-refractivity contribution in [1.29, 1.82) is 0 Å². The number of rotatable bonds is 3. The second-order valence-electron chi connectivity index (χ2n) is 3.79. The molecule has 0 atom stereocenters. The Kier molecular flexibility index (Phi) is 2.81. The zero-order chi connectivity index (χ0) is 11.5. The number of nitrogen functional groups attached to an aromatic ring is 1. The van der Waals surface area contributed by atoms with Crippen LogP contribution in [-0.4, -0.2) is 9.78 Å². The van der Waals surface area contributed by atoms with Gasteiger partial charge in [-0.25, -0.2) is 0 Å². The first kappa shape index (κ1) is 10.5. The van der Waals surface area contributed by atoms with E-state index < -0.39 is 0 Å². The van der Waals surface area contributed by atoms with Gasteiger partial charge in [0.2, 0.25) is 0 Å². The fourth-order valence-corrected chi connectivity index (χ4v) is 1.53. The SMILES string of the molecule is Cc1cccc(OCc2cc(N)nn2C)c1. The lowest BCUT2D eigenvalue weighted by Gasteiger charge is -2.06. The third kappa shape index (κ3) is 2.34.